The highest BCUT2D eigenvalue weighted by molar-refractivity contribution is 7.99. The van der Waals surface area contributed by atoms with Gasteiger partial charge in [-0.05, 0) is 42.3 Å². The lowest BCUT2D eigenvalue weighted by atomic mass is 10.2. The van der Waals surface area contributed by atoms with Gasteiger partial charge in [-0.1, -0.05) is 0 Å². The second kappa shape index (κ2) is 6.41. The average Bonchev–Trinajstić information content (AvgIpc) is 2.97. The van der Waals surface area contributed by atoms with Gasteiger partial charge in [0.15, 0.2) is 0 Å². The van der Waals surface area contributed by atoms with Crippen LogP contribution in [0.2, 0.25) is 0 Å². The van der Waals surface area contributed by atoms with Crippen molar-refractivity contribution < 1.29 is 9.90 Å². The number of carbonyl (C=O) groups is 1. The Bertz CT molecular complexity index is 436. The fourth-order valence-corrected chi connectivity index (χ4v) is 4.24. The van der Waals surface area contributed by atoms with Crippen molar-refractivity contribution in [1.82, 2.24) is 4.90 Å². The monoisotopic (exact) mass is 283 g/mol. The highest BCUT2D eigenvalue weighted by atomic mass is 32.2. The predicted molar refractivity (Wildman–Crippen MR) is 78.2 cm³/mol. The molecular weight excluding hydrogens is 266 g/mol. The molecule has 18 heavy (non-hydrogen) atoms. The van der Waals surface area contributed by atoms with Crippen LogP contribution < -0.4 is 0 Å². The van der Waals surface area contributed by atoms with Gasteiger partial charge in [0, 0.05) is 29.3 Å². The first-order valence-corrected chi connectivity index (χ1v) is 7.95. The van der Waals surface area contributed by atoms with E-state index in [4.69, 9.17) is 5.11 Å². The van der Waals surface area contributed by atoms with Crippen LogP contribution in [0.5, 0.6) is 0 Å². The minimum atomic E-state index is -0.896. The van der Waals surface area contributed by atoms with E-state index < -0.39 is 5.97 Å². The molecule has 98 valence electrons. The van der Waals surface area contributed by atoms with E-state index in [1.807, 2.05) is 23.2 Å². The van der Waals surface area contributed by atoms with Gasteiger partial charge < -0.3 is 5.11 Å². The van der Waals surface area contributed by atoms with Gasteiger partial charge >= 0.3 is 5.97 Å². The molecule has 1 aliphatic heterocycles. The van der Waals surface area contributed by atoms with Crippen molar-refractivity contribution in [1.29, 1.82) is 0 Å². The Morgan fingerprint density at radius 2 is 2.50 bits per heavy atom. The van der Waals surface area contributed by atoms with Crippen LogP contribution in [0.25, 0.3) is 6.08 Å². The fraction of sp³-hybridized carbons (Fsp3) is 0.462. The van der Waals surface area contributed by atoms with Gasteiger partial charge in [-0.25, -0.2) is 4.79 Å². The van der Waals surface area contributed by atoms with Crippen molar-refractivity contribution >= 4 is 35.1 Å². The average molecular weight is 283 g/mol. The Hall–Kier alpha value is -0.780. The van der Waals surface area contributed by atoms with E-state index in [0.29, 0.717) is 6.04 Å². The van der Waals surface area contributed by atoms with Crippen LogP contribution in [-0.4, -0.2) is 40.6 Å². The molecule has 0 aromatic carbocycles. The number of carboxylic acid groups (broad SMARTS) is 1. The molecule has 1 aromatic rings. The van der Waals surface area contributed by atoms with Crippen molar-refractivity contribution in [3.05, 3.63) is 28.0 Å². The van der Waals surface area contributed by atoms with E-state index in [2.05, 4.69) is 11.9 Å². The zero-order chi connectivity index (χ0) is 13.0. The predicted octanol–water partition coefficient (Wildman–Crippen LogP) is 2.78. The zero-order valence-corrected chi connectivity index (χ0v) is 12.0. The number of rotatable bonds is 5. The highest BCUT2D eigenvalue weighted by Crippen LogP contribution is 2.25. The number of thiophene rings is 1. The van der Waals surface area contributed by atoms with Gasteiger partial charge in [0.05, 0.1) is 0 Å². The lowest BCUT2D eigenvalue weighted by Crippen LogP contribution is -2.30. The van der Waals surface area contributed by atoms with Crippen LogP contribution in [0.1, 0.15) is 16.9 Å². The normalized spacial score (nSPS) is 20.0. The van der Waals surface area contributed by atoms with Crippen LogP contribution in [-0.2, 0) is 11.3 Å². The standard InChI is InChI=1S/C13H17NO2S2/c1-14(11-5-6-17-9-11)8-12-10(4-7-18-12)2-3-13(15)16/h2-4,7,11H,5-6,8-9H2,1H3,(H,15,16). The van der Waals surface area contributed by atoms with E-state index in [1.165, 1.54) is 28.9 Å². The van der Waals surface area contributed by atoms with Gasteiger partial charge in [-0.15, -0.1) is 11.3 Å². The molecule has 0 radical (unpaired) electrons. The third kappa shape index (κ3) is 3.60. The van der Waals surface area contributed by atoms with Crippen LogP contribution in [0, 0.1) is 0 Å². The van der Waals surface area contributed by atoms with Gasteiger partial charge in [0.2, 0.25) is 0 Å². The van der Waals surface area contributed by atoms with Crippen molar-refractivity contribution in [3.8, 4) is 0 Å². The second-order valence-corrected chi connectivity index (χ2v) is 6.55. The molecule has 1 atom stereocenters. The van der Waals surface area contributed by atoms with Crippen LogP contribution in [0.4, 0.5) is 0 Å². The number of aliphatic carboxylic acids is 1. The van der Waals surface area contributed by atoms with Gasteiger partial charge in [-0.2, -0.15) is 11.8 Å². The van der Waals surface area contributed by atoms with Crippen molar-refractivity contribution in [2.24, 2.45) is 0 Å². The summed E-state index contributed by atoms with van der Waals surface area (Å²) in [5, 5.41) is 10.7. The maximum Gasteiger partial charge on any atom is 0.328 e. The smallest absolute Gasteiger partial charge is 0.328 e. The molecule has 5 heteroatoms. The highest BCUT2D eigenvalue weighted by Gasteiger charge is 2.20. The summed E-state index contributed by atoms with van der Waals surface area (Å²) in [4.78, 5) is 14.2. The Balaban J connectivity index is 2.00. The quantitative estimate of drug-likeness (QED) is 0.844. The van der Waals surface area contributed by atoms with Crippen molar-refractivity contribution in [2.45, 2.75) is 19.0 Å². The molecule has 1 aromatic heterocycles. The molecule has 3 nitrogen and oxygen atoms in total. The summed E-state index contributed by atoms with van der Waals surface area (Å²) in [6.45, 7) is 0.905. The van der Waals surface area contributed by atoms with Gasteiger partial charge in [-0.3, -0.25) is 4.90 Å². The summed E-state index contributed by atoms with van der Waals surface area (Å²) >= 11 is 3.71. The molecule has 0 saturated carbocycles. The fourth-order valence-electron chi connectivity index (χ4n) is 2.01. The van der Waals surface area contributed by atoms with E-state index in [1.54, 1.807) is 17.4 Å². The summed E-state index contributed by atoms with van der Waals surface area (Å²) in [5.41, 5.74) is 1.03. The topological polar surface area (TPSA) is 40.5 Å². The number of thioether (sulfide) groups is 1. The van der Waals surface area contributed by atoms with Crippen LogP contribution in [0.15, 0.2) is 17.5 Å². The Labute approximate surface area is 115 Å². The largest absolute Gasteiger partial charge is 0.478 e. The summed E-state index contributed by atoms with van der Waals surface area (Å²) in [7, 11) is 2.15. The van der Waals surface area contributed by atoms with E-state index >= 15 is 0 Å². The van der Waals surface area contributed by atoms with E-state index in [-0.39, 0.29) is 0 Å². The molecule has 0 amide bonds. The molecule has 0 bridgehead atoms. The molecule has 1 unspecified atom stereocenters. The first-order valence-electron chi connectivity index (χ1n) is 5.92. The first kappa shape index (κ1) is 13.6. The number of nitrogens with zero attached hydrogens (tertiary/aromatic N) is 1. The Morgan fingerprint density at radius 3 is 3.17 bits per heavy atom. The van der Waals surface area contributed by atoms with Crippen molar-refractivity contribution in [3.63, 3.8) is 0 Å². The number of carboxylic acids is 1. The van der Waals surface area contributed by atoms with Crippen LogP contribution >= 0.6 is 23.1 Å². The Morgan fingerprint density at radius 1 is 1.67 bits per heavy atom. The molecule has 1 saturated heterocycles. The maximum atomic E-state index is 10.5. The van der Waals surface area contributed by atoms with E-state index in [0.717, 1.165) is 12.1 Å². The molecule has 0 aliphatic carbocycles. The number of hydrogen-bond acceptors (Lipinski definition) is 4. The zero-order valence-electron chi connectivity index (χ0n) is 10.3. The summed E-state index contributed by atoms with van der Waals surface area (Å²) in [5.74, 6) is 1.57. The minimum Gasteiger partial charge on any atom is -0.478 e. The third-order valence-electron chi connectivity index (χ3n) is 3.11. The molecule has 1 aliphatic rings. The molecule has 1 N–H and O–H groups in total. The SMILES string of the molecule is CN(Cc1sccc1C=CC(=O)O)C1CCSC1. The molecule has 1 fully saturated rings. The second-order valence-electron chi connectivity index (χ2n) is 4.40. The first-order chi connectivity index (χ1) is 8.66. The van der Waals surface area contributed by atoms with Crippen molar-refractivity contribution in [2.75, 3.05) is 18.6 Å². The Kier molecular flexibility index (Phi) is 4.86. The summed E-state index contributed by atoms with van der Waals surface area (Å²) < 4.78 is 0. The minimum absolute atomic E-state index is 0.661. The molecule has 2 rings (SSSR count). The summed E-state index contributed by atoms with van der Waals surface area (Å²) in [6, 6.07) is 2.64. The molecule has 0 spiro atoms. The molecule has 2 heterocycles. The third-order valence-corrected chi connectivity index (χ3v) is 5.17. The number of hydrogen-bond donors (Lipinski definition) is 1. The lowest BCUT2D eigenvalue weighted by molar-refractivity contribution is -0.131. The lowest BCUT2D eigenvalue weighted by Gasteiger charge is -2.23. The van der Waals surface area contributed by atoms with Crippen LogP contribution in [0.3, 0.4) is 0 Å². The molecular formula is C13H17NO2S2. The van der Waals surface area contributed by atoms with Gasteiger partial charge in [0.1, 0.15) is 0 Å². The maximum absolute atomic E-state index is 10.5. The van der Waals surface area contributed by atoms with Gasteiger partial charge in [0.25, 0.3) is 0 Å². The summed E-state index contributed by atoms with van der Waals surface area (Å²) in [6.07, 6.45) is 4.15. The van der Waals surface area contributed by atoms with E-state index in [9.17, 15) is 4.79 Å².